The maximum absolute atomic E-state index is 3.83. The molecule has 0 saturated heterocycles. The van der Waals surface area contributed by atoms with Crippen LogP contribution < -0.4 is 5.32 Å². The Bertz CT molecular complexity index is 561. The Balaban J connectivity index is 1.97. The zero-order chi connectivity index (χ0) is 15.7. The van der Waals surface area contributed by atoms with Crippen LogP contribution in [0.25, 0.3) is 0 Å². The fraction of sp³-hybridized carbons (Fsp3) is 0.600. The molecule has 0 bridgehead atoms. The third kappa shape index (κ3) is 2.81. The van der Waals surface area contributed by atoms with E-state index >= 15 is 0 Å². The average molecular weight is 298 g/mol. The molecular weight excluding hydrogens is 268 g/mol. The number of nitrogens with zero attached hydrogens (tertiary/aromatic N) is 1. The van der Waals surface area contributed by atoms with E-state index in [0.717, 1.165) is 19.5 Å². The van der Waals surface area contributed by atoms with E-state index in [2.05, 4.69) is 56.1 Å². The molecule has 1 atom stereocenters. The van der Waals surface area contributed by atoms with Gasteiger partial charge in [0.2, 0.25) is 0 Å². The lowest BCUT2D eigenvalue weighted by molar-refractivity contribution is 0.238. The Kier molecular flexibility index (Phi) is 4.58. The smallest absolute Gasteiger partial charge is 0.0538 e. The van der Waals surface area contributed by atoms with Gasteiger partial charge in [-0.05, 0) is 67.5 Å². The van der Waals surface area contributed by atoms with E-state index in [-0.39, 0.29) is 0 Å². The molecule has 1 fully saturated rings. The summed E-state index contributed by atoms with van der Waals surface area (Å²) in [6.07, 6.45) is 5.10. The summed E-state index contributed by atoms with van der Waals surface area (Å²) in [4.78, 5) is 2.60. The van der Waals surface area contributed by atoms with Gasteiger partial charge in [-0.3, -0.25) is 4.90 Å². The Morgan fingerprint density at radius 1 is 1.18 bits per heavy atom. The number of hydrogen-bond acceptors (Lipinski definition) is 2. The summed E-state index contributed by atoms with van der Waals surface area (Å²) in [5, 5.41) is 3.83. The van der Waals surface area contributed by atoms with E-state index in [9.17, 15) is 0 Å². The summed E-state index contributed by atoms with van der Waals surface area (Å²) in [5.74, 6) is 0.590. The molecule has 120 valence electrons. The summed E-state index contributed by atoms with van der Waals surface area (Å²) in [6.45, 7) is 11.4. The SMILES string of the molecule is CCN(CC)C1Cc2ccc(C(C)C)cc2NC1=C1CCC1. The molecule has 3 rings (SSSR count). The first-order chi connectivity index (χ1) is 10.6. The molecule has 1 saturated carbocycles. The third-order valence-electron chi connectivity index (χ3n) is 5.41. The number of benzene rings is 1. The van der Waals surface area contributed by atoms with Gasteiger partial charge in [-0.2, -0.15) is 0 Å². The van der Waals surface area contributed by atoms with E-state index in [0.29, 0.717) is 12.0 Å². The maximum Gasteiger partial charge on any atom is 0.0538 e. The van der Waals surface area contributed by atoms with Gasteiger partial charge >= 0.3 is 0 Å². The second kappa shape index (κ2) is 6.45. The quantitative estimate of drug-likeness (QED) is 0.848. The molecule has 1 unspecified atom stereocenters. The lowest BCUT2D eigenvalue weighted by Crippen LogP contribution is -2.43. The minimum absolute atomic E-state index is 0.544. The number of fused-ring (bicyclic) bond motifs is 1. The molecule has 1 aliphatic heterocycles. The van der Waals surface area contributed by atoms with Crippen molar-refractivity contribution in [3.63, 3.8) is 0 Å². The van der Waals surface area contributed by atoms with Crippen molar-refractivity contribution in [2.45, 2.75) is 65.3 Å². The summed E-state index contributed by atoms with van der Waals surface area (Å²) in [5.41, 5.74) is 7.44. The minimum Gasteiger partial charge on any atom is -0.357 e. The summed E-state index contributed by atoms with van der Waals surface area (Å²) >= 11 is 0. The Hall–Kier alpha value is -1.28. The van der Waals surface area contributed by atoms with Crippen molar-refractivity contribution in [1.82, 2.24) is 4.90 Å². The van der Waals surface area contributed by atoms with Gasteiger partial charge in [0.25, 0.3) is 0 Å². The molecule has 1 aromatic rings. The fourth-order valence-electron chi connectivity index (χ4n) is 3.71. The van der Waals surface area contributed by atoms with E-state index < -0.39 is 0 Å². The number of likely N-dealkylation sites (N-methyl/N-ethyl adjacent to an activating group) is 1. The van der Waals surface area contributed by atoms with E-state index in [1.165, 1.54) is 41.8 Å². The van der Waals surface area contributed by atoms with Crippen LogP contribution in [-0.2, 0) is 6.42 Å². The van der Waals surface area contributed by atoms with E-state index in [1.807, 2.05) is 0 Å². The van der Waals surface area contributed by atoms with Gasteiger partial charge in [0.15, 0.2) is 0 Å². The van der Waals surface area contributed by atoms with Gasteiger partial charge in [-0.25, -0.2) is 0 Å². The van der Waals surface area contributed by atoms with Crippen LogP contribution in [0.4, 0.5) is 5.69 Å². The Labute approximate surface area is 135 Å². The van der Waals surface area contributed by atoms with Crippen molar-refractivity contribution in [1.29, 1.82) is 0 Å². The molecule has 2 heteroatoms. The summed E-state index contributed by atoms with van der Waals surface area (Å²) in [6, 6.07) is 7.57. The van der Waals surface area contributed by atoms with Crippen molar-refractivity contribution in [3.8, 4) is 0 Å². The highest BCUT2D eigenvalue weighted by Crippen LogP contribution is 2.38. The van der Waals surface area contributed by atoms with E-state index in [1.54, 1.807) is 5.57 Å². The van der Waals surface area contributed by atoms with Crippen molar-refractivity contribution in [3.05, 3.63) is 40.6 Å². The molecule has 0 radical (unpaired) electrons. The van der Waals surface area contributed by atoms with Crippen LogP contribution >= 0.6 is 0 Å². The topological polar surface area (TPSA) is 15.3 Å². The maximum atomic E-state index is 3.83. The van der Waals surface area contributed by atoms with Crippen molar-refractivity contribution >= 4 is 5.69 Å². The molecule has 1 heterocycles. The summed E-state index contributed by atoms with van der Waals surface area (Å²) in [7, 11) is 0. The van der Waals surface area contributed by atoms with Gasteiger partial charge < -0.3 is 5.32 Å². The van der Waals surface area contributed by atoms with Crippen molar-refractivity contribution in [2.24, 2.45) is 0 Å². The second-order valence-electron chi connectivity index (χ2n) is 7.01. The van der Waals surface area contributed by atoms with Crippen LogP contribution in [0.5, 0.6) is 0 Å². The van der Waals surface area contributed by atoms with Crippen LogP contribution in [0.1, 0.15) is 64.0 Å². The molecule has 22 heavy (non-hydrogen) atoms. The molecule has 2 aliphatic rings. The Morgan fingerprint density at radius 3 is 2.45 bits per heavy atom. The lowest BCUT2D eigenvalue weighted by Gasteiger charge is -2.40. The lowest BCUT2D eigenvalue weighted by atomic mass is 9.84. The first kappa shape index (κ1) is 15.6. The molecule has 1 aromatic carbocycles. The second-order valence-corrected chi connectivity index (χ2v) is 7.01. The predicted molar refractivity (Wildman–Crippen MR) is 95.4 cm³/mol. The first-order valence-electron chi connectivity index (χ1n) is 8.99. The minimum atomic E-state index is 0.544. The number of anilines is 1. The summed E-state index contributed by atoms with van der Waals surface area (Å²) < 4.78 is 0. The predicted octanol–water partition coefficient (Wildman–Crippen LogP) is 4.93. The molecular formula is C20H30N2. The molecule has 0 spiro atoms. The van der Waals surface area contributed by atoms with E-state index in [4.69, 9.17) is 0 Å². The highest BCUT2D eigenvalue weighted by molar-refractivity contribution is 5.62. The molecule has 2 nitrogen and oxygen atoms in total. The molecule has 0 aromatic heterocycles. The van der Waals surface area contributed by atoms with Crippen LogP contribution in [0.15, 0.2) is 29.5 Å². The van der Waals surface area contributed by atoms with Crippen LogP contribution in [0.3, 0.4) is 0 Å². The van der Waals surface area contributed by atoms with Gasteiger partial charge in [-0.15, -0.1) is 0 Å². The third-order valence-corrected chi connectivity index (χ3v) is 5.41. The van der Waals surface area contributed by atoms with Crippen LogP contribution in [0, 0.1) is 0 Å². The van der Waals surface area contributed by atoms with Gasteiger partial charge in [0.05, 0.1) is 6.04 Å². The largest absolute Gasteiger partial charge is 0.357 e. The fourth-order valence-corrected chi connectivity index (χ4v) is 3.71. The highest BCUT2D eigenvalue weighted by Gasteiger charge is 2.30. The van der Waals surface area contributed by atoms with Crippen LogP contribution in [-0.4, -0.2) is 24.0 Å². The van der Waals surface area contributed by atoms with Crippen LogP contribution in [0.2, 0.25) is 0 Å². The number of allylic oxidation sites excluding steroid dienone is 1. The van der Waals surface area contributed by atoms with Crippen molar-refractivity contribution in [2.75, 3.05) is 18.4 Å². The number of nitrogens with one attached hydrogen (secondary N) is 1. The van der Waals surface area contributed by atoms with Gasteiger partial charge in [0.1, 0.15) is 0 Å². The molecule has 0 amide bonds. The normalized spacial score (nSPS) is 20.9. The van der Waals surface area contributed by atoms with Gasteiger partial charge in [0, 0.05) is 11.4 Å². The standard InChI is InChI=1S/C20H30N2/c1-5-22(6-2)19-13-17-11-10-16(14(3)4)12-18(17)21-20(19)15-8-7-9-15/h10-12,14,19,21H,5-9,13H2,1-4H3. The number of rotatable bonds is 4. The number of hydrogen-bond donors (Lipinski definition) is 1. The molecule has 1 N–H and O–H groups in total. The average Bonchev–Trinajstić information content (AvgIpc) is 2.46. The van der Waals surface area contributed by atoms with Crippen molar-refractivity contribution < 1.29 is 0 Å². The Morgan fingerprint density at radius 2 is 1.91 bits per heavy atom. The molecule has 1 aliphatic carbocycles. The van der Waals surface area contributed by atoms with Gasteiger partial charge in [-0.1, -0.05) is 39.8 Å². The first-order valence-corrected chi connectivity index (χ1v) is 8.99. The zero-order valence-corrected chi connectivity index (χ0v) is 14.6. The monoisotopic (exact) mass is 298 g/mol. The highest BCUT2D eigenvalue weighted by atomic mass is 15.2. The zero-order valence-electron chi connectivity index (χ0n) is 14.6.